The highest BCUT2D eigenvalue weighted by atomic mass is 16.5. The first-order chi connectivity index (χ1) is 15.3. The van der Waals surface area contributed by atoms with Gasteiger partial charge in [0, 0.05) is 0 Å². The number of aryl methyl sites for hydroxylation is 1. The van der Waals surface area contributed by atoms with Gasteiger partial charge in [-0.05, 0) is 80.4 Å². The molecular weight excluding hydrogens is 376 g/mol. The van der Waals surface area contributed by atoms with Crippen LogP contribution in [0.5, 0.6) is 5.75 Å². The maximum atomic E-state index is 5.78. The number of unbranched alkanes of at least 4 members (excludes halogenated alkanes) is 2. The fourth-order valence-corrected chi connectivity index (χ4v) is 5.60. The Hall–Kier alpha value is -1.24. The van der Waals surface area contributed by atoms with Crippen molar-refractivity contribution >= 4 is 0 Å². The van der Waals surface area contributed by atoms with Crippen molar-refractivity contribution in [3.8, 4) is 5.75 Å². The molecule has 0 heterocycles. The highest BCUT2D eigenvalue weighted by Crippen LogP contribution is 2.37. The first kappa shape index (κ1) is 24.4. The highest BCUT2D eigenvalue weighted by molar-refractivity contribution is 5.28. The summed E-state index contributed by atoms with van der Waals surface area (Å²) in [5.41, 5.74) is 3.15. The lowest BCUT2D eigenvalue weighted by molar-refractivity contribution is 0.235. The number of hydrogen-bond acceptors (Lipinski definition) is 1. The van der Waals surface area contributed by atoms with Crippen molar-refractivity contribution < 1.29 is 4.74 Å². The van der Waals surface area contributed by atoms with Crippen molar-refractivity contribution in [3.05, 3.63) is 41.5 Å². The molecule has 1 atom stereocenters. The van der Waals surface area contributed by atoms with Crippen LogP contribution < -0.4 is 4.74 Å². The first-order valence-corrected chi connectivity index (χ1v) is 13.7. The third-order valence-corrected chi connectivity index (χ3v) is 7.95. The van der Waals surface area contributed by atoms with Gasteiger partial charge in [0.25, 0.3) is 0 Å². The zero-order chi connectivity index (χ0) is 21.7. The lowest BCUT2D eigenvalue weighted by Gasteiger charge is -2.30. The molecule has 2 aliphatic rings. The molecule has 0 N–H and O–H groups in total. The molecule has 1 fully saturated rings. The van der Waals surface area contributed by atoms with E-state index in [9.17, 15) is 0 Å². The van der Waals surface area contributed by atoms with Crippen LogP contribution in [0.1, 0.15) is 116 Å². The molecule has 31 heavy (non-hydrogen) atoms. The van der Waals surface area contributed by atoms with E-state index in [2.05, 4.69) is 44.2 Å². The summed E-state index contributed by atoms with van der Waals surface area (Å²) in [6.45, 7) is 5.37. The second kappa shape index (κ2) is 14.0. The highest BCUT2D eigenvalue weighted by Gasteiger charge is 2.22. The summed E-state index contributed by atoms with van der Waals surface area (Å²) in [5, 5.41) is 0. The topological polar surface area (TPSA) is 9.23 Å². The molecule has 0 aliphatic heterocycles. The summed E-state index contributed by atoms with van der Waals surface area (Å²) < 4.78 is 5.78. The lowest BCUT2D eigenvalue weighted by atomic mass is 9.76. The Kier molecular flexibility index (Phi) is 11.0. The standard InChI is InChI=1S/C30H48O/c1-3-5-7-25-8-10-26(11-9-25)12-13-27-14-16-28(17-15-27)18-19-29-20-22-30(23-21-29)31-24-6-4-2/h16,20-23,25-27H,3-15,17-19,24H2,1-2H3. The minimum Gasteiger partial charge on any atom is -0.494 e. The second-order valence-electron chi connectivity index (χ2n) is 10.5. The van der Waals surface area contributed by atoms with E-state index < -0.39 is 0 Å². The van der Waals surface area contributed by atoms with Crippen LogP contribution in [-0.4, -0.2) is 6.61 Å². The Morgan fingerprint density at radius 3 is 2.06 bits per heavy atom. The first-order valence-electron chi connectivity index (χ1n) is 13.7. The number of allylic oxidation sites excluding steroid dienone is 2. The molecule has 1 aromatic rings. The smallest absolute Gasteiger partial charge is 0.119 e. The van der Waals surface area contributed by atoms with Crippen molar-refractivity contribution in [2.45, 2.75) is 117 Å². The summed E-state index contributed by atoms with van der Waals surface area (Å²) in [6, 6.07) is 8.80. The van der Waals surface area contributed by atoms with Gasteiger partial charge in [-0.15, -0.1) is 0 Å². The molecule has 1 heteroatoms. The van der Waals surface area contributed by atoms with Gasteiger partial charge in [0.15, 0.2) is 0 Å². The van der Waals surface area contributed by atoms with E-state index in [0.717, 1.165) is 36.5 Å². The Morgan fingerprint density at radius 2 is 1.42 bits per heavy atom. The summed E-state index contributed by atoms with van der Waals surface area (Å²) >= 11 is 0. The average Bonchev–Trinajstić information content (AvgIpc) is 2.82. The fourth-order valence-electron chi connectivity index (χ4n) is 5.60. The van der Waals surface area contributed by atoms with Crippen LogP contribution in [0.3, 0.4) is 0 Å². The molecule has 1 saturated carbocycles. The van der Waals surface area contributed by atoms with E-state index in [4.69, 9.17) is 4.74 Å². The second-order valence-corrected chi connectivity index (χ2v) is 10.5. The van der Waals surface area contributed by atoms with Crippen molar-refractivity contribution in [1.29, 1.82) is 0 Å². The molecule has 1 unspecified atom stereocenters. The zero-order valence-electron chi connectivity index (χ0n) is 20.5. The van der Waals surface area contributed by atoms with E-state index in [0.29, 0.717) is 0 Å². The van der Waals surface area contributed by atoms with Gasteiger partial charge in [-0.25, -0.2) is 0 Å². The molecule has 3 rings (SSSR count). The van der Waals surface area contributed by atoms with Gasteiger partial charge in [0.2, 0.25) is 0 Å². The third-order valence-electron chi connectivity index (χ3n) is 7.95. The molecule has 0 aromatic heterocycles. The number of benzene rings is 1. The van der Waals surface area contributed by atoms with E-state index in [1.807, 2.05) is 0 Å². The maximum absolute atomic E-state index is 5.78. The molecule has 1 nitrogen and oxygen atoms in total. The van der Waals surface area contributed by atoms with E-state index >= 15 is 0 Å². The summed E-state index contributed by atoms with van der Waals surface area (Å²) in [4.78, 5) is 0. The molecule has 174 valence electrons. The largest absolute Gasteiger partial charge is 0.494 e. The zero-order valence-corrected chi connectivity index (χ0v) is 20.5. The molecule has 0 amide bonds. The normalized spacial score (nSPS) is 24.1. The summed E-state index contributed by atoms with van der Waals surface area (Å²) in [6.07, 6.45) is 24.8. The summed E-state index contributed by atoms with van der Waals surface area (Å²) in [5.74, 6) is 4.07. The van der Waals surface area contributed by atoms with Crippen LogP contribution in [0.4, 0.5) is 0 Å². The van der Waals surface area contributed by atoms with Gasteiger partial charge in [-0.3, -0.25) is 0 Å². The predicted molar refractivity (Wildman–Crippen MR) is 135 cm³/mol. The van der Waals surface area contributed by atoms with Gasteiger partial charge in [0.1, 0.15) is 5.75 Å². The van der Waals surface area contributed by atoms with Gasteiger partial charge in [0.05, 0.1) is 6.61 Å². The molecule has 0 saturated heterocycles. The lowest BCUT2D eigenvalue weighted by Crippen LogP contribution is -2.16. The Bertz CT molecular complexity index is 620. The molecule has 0 spiro atoms. The van der Waals surface area contributed by atoms with Gasteiger partial charge in [-0.2, -0.15) is 0 Å². The average molecular weight is 425 g/mol. The maximum Gasteiger partial charge on any atom is 0.119 e. The van der Waals surface area contributed by atoms with Gasteiger partial charge in [-0.1, -0.05) is 95.4 Å². The van der Waals surface area contributed by atoms with Gasteiger partial charge >= 0.3 is 0 Å². The van der Waals surface area contributed by atoms with Crippen molar-refractivity contribution in [3.63, 3.8) is 0 Å². The molecule has 0 bridgehead atoms. The van der Waals surface area contributed by atoms with E-state index in [1.54, 1.807) is 5.57 Å². The van der Waals surface area contributed by atoms with Crippen LogP contribution in [0.2, 0.25) is 0 Å². The minimum absolute atomic E-state index is 0.837. The van der Waals surface area contributed by atoms with Crippen LogP contribution in [0.25, 0.3) is 0 Å². The molecule has 0 radical (unpaired) electrons. The van der Waals surface area contributed by atoms with Crippen molar-refractivity contribution in [1.82, 2.24) is 0 Å². The van der Waals surface area contributed by atoms with E-state index in [-0.39, 0.29) is 0 Å². The van der Waals surface area contributed by atoms with Gasteiger partial charge < -0.3 is 4.74 Å². The number of ether oxygens (including phenoxy) is 1. The quantitative estimate of drug-likeness (QED) is 0.226. The number of hydrogen-bond donors (Lipinski definition) is 0. The third kappa shape index (κ3) is 9.03. The fraction of sp³-hybridized carbons (Fsp3) is 0.733. The van der Waals surface area contributed by atoms with Crippen molar-refractivity contribution in [2.24, 2.45) is 17.8 Å². The van der Waals surface area contributed by atoms with Crippen LogP contribution >= 0.6 is 0 Å². The van der Waals surface area contributed by atoms with Crippen LogP contribution in [0, 0.1) is 17.8 Å². The Labute approximate surface area is 193 Å². The summed E-state index contributed by atoms with van der Waals surface area (Å²) in [7, 11) is 0. The predicted octanol–water partition coefficient (Wildman–Crippen LogP) is 9.30. The van der Waals surface area contributed by atoms with E-state index in [1.165, 1.54) is 102 Å². The van der Waals surface area contributed by atoms with Crippen LogP contribution in [0.15, 0.2) is 35.9 Å². The molecule has 1 aromatic carbocycles. The Balaban J connectivity index is 1.29. The molecular formula is C30H48O. The SMILES string of the molecule is CCCCOc1ccc(CCC2=CCC(CCC3CCC(CCCC)CC3)CC2)cc1. The minimum atomic E-state index is 0.837. The molecule has 2 aliphatic carbocycles. The number of rotatable bonds is 13. The Morgan fingerprint density at radius 1 is 0.742 bits per heavy atom. The van der Waals surface area contributed by atoms with Crippen molar-refractivity contribution in [2.75, 3.05) is 6.61 Å². The van der Waals surface area contributed by atoms with Crippen LogP contribution in [-0.2, 0) is 6.42 Å². The monoisotopic (exact) mass is 424 g/mol.